The molecule has 0 unspecified atom stereocenters. The average Bonchev–Trinajstić information content (AvgIpc) is 2.31. The Balaban J connectivity index is 2.81. The summed E-state index contributed by atoms with van der Waals surface area (Å²) >= 11 is 0. The lowest BCUT2D eigenvalue weighted by atomic mass is 9.66. The molecule has 17 heavy (non-hydrogen) atoms. The Morgan fingerprint density at radius 2 is 2.29 bits per heavy atom. The summed E-state index contributed by atoms with van der Waals surface area (Å²) in [6.07, 6.45) is 6.12. The number of rotatable bonds is 6. The second-order valence-electron chi connectivity index (χ2n) is 4.95. The Labute approximate surface area is 102 Å². The van der Waals surface area contributed by atoms with Gasteiger partial charge < -0.3 is 9.59 Å². The van der Waals surface area contributed by atoms with Gasteiger partial charge in [-0.3, -0.25) is 4.79 Å². The van der Waals surface area contributed by atoms with E-state index < -0.39 is 5.41 Å². The highest BCUT2D eigenvalue weighted by molar-refractivity contribution is 6.00. The monoisotopic (exact) mass is 236 g/mol. The number of hydrogen-bond acceptors (Lipinski definition) is 3. The molecule has 0 heterocycles. The van der Waals surface area contributed by atoms with Gasteiger partial charge >= 0.3 is 0 Å². The van der Waals surface area contributed by atoms with E-state index in [9.17, 15) is 14.4 Å². The molecule has 1 saturated carbocycles. The normalized spacial score (nSPS) is 28.8. The van der Waals surface area contributed by atoms with E-state index in [4.69, 9.17) is 0 Å². The lowest BCUT2D eigenvalue weighted by Crippen LogP contribution is -2.41. The van der Waals surface area contributed by atoms with E-state index in [1.165, 1.54) is 6.92 Å². The predicted octanol–water partition coefficient (Wildman–Crippen LogP) is 2.49. The fourth-order valence-electron chi connectivity index (χ4n) is 2.57. The summed E-state index contributed by atoms with van der Waals surface area (Å²) in [7, 11) is 0. The molecular formula is C14H20O3. The van der Waals surface area contributed by atoms with Crippen LogP contribution in [-0.2, 0) is 14.4 Å². The Morgan fingerprint density at radius 3 is 2.82 bits per heavy atom. The third kappa shape index (κ3) is 3.11. The van der Waals surface area contributed by atoms with Gasteiger partial charge in [0.15, 0.2) is 0 Å². The van der Waals surface area contributed by atoms with Crippen LogP contribution in [0.3, 0.4) is 0 Å². The van der Waals surface area contributed by atoms with Gasteiger partial charge in [0.1, 0.15) is 17.9 Å². The van der Waals surface area contributed by atoms with Crippen molar-refractivity contribution in [3.05, 3.63) is 12.7 Å². The Kier molecular flexibility index (Phi) is 4.79. The summed E-state index contributed by atoms with van der Waals surface area (Å²) in [5, 5.41) is 0. The maximum Gasteiger partial charge on any atom is 0.149 e. The number of carbonyl (C=O) groups is 3. The molecule has 0 saturated heterocycles. The van der Waals surface area contributed by atoms with E-state index in [1.54, 1.807) is 6.08 Å². The fraction of sp³-hybridized carbons (Fsp3) is 0.643. The summed E-state index contributed by atoms with van der Waals surface area (Å²) in [4.78, 5) is 34.6. The largest absolute Gasteiger partial charge is 0.302 e. The van der Waals surface area contributed by atoms with Crippen molar-refractivity contribution >= 4 is 17.9 Å². The van der Waals surface area contributed by atoms with E-state index in [2.05, 4.69) is 6.58 Å². The van der Waals surface area contributed by atoms with Crippen LogP contribution < -0.4 is 0 Å². The highest BCUT2D eigenvalue weighted by atomic mass is 16.1. The lowest BCUT2D eigenvalue weighted by molar-refractivity contribution is -0.141. The zero-order valence-corrected chi connectivity index (χ0v) is 10.4. The molecule has 0 N–H and O–H groups in total. The molecular weight excluding hydrogens is 216 g/mol. The number of allylic oxidation sites excluding steroid dienone is 1. The average molecular weight is 236 g/mol. The van der Waals surface area contributed by atoms with E-state index >= 15 is 0 Å². The molecule has 0 radical (unpaired) electrons. The standard InChI is InChI=1S/C14H20O3/c1-3-5-12-6-4-8-14(10-15,13(12)17)9-7-11(2)16/h3,10,12H,1,4-9H2,2H3/t12-,14+/m1/s1. The highest BCUT2D eigenvalue weighted by Crippen LogP contribution is 2.39. The molecule has 0 spiro atoms. The van der Waals surface area contributed by atoms with Crippen molar-refractivity contribution in [2.45, 2.75) is 45.4 Å². The summed E-state index contributed by atoms with van der Waals surface area (Å²) in [6.45, 7) is 5.14. The second kappa shape index (κ2) is 5.89. The van der Waals surface area contributed by atoms with Crippen molar-refractivity contribution in [3.63, 3.8) is 0 Å². The van der Waals surface area contributed by atoms with Gasteiger partial charge in [-0.05, 0) is 32.6 Å². The zero-order chi connectivity index (χ0) is 12.9. The predicted molar refractivity (Wildman–Crippen MR) is 65.6 cm³/mol. The first-order chi connectivity index (χ1) is 8.05. The minimum absolute atomic E-state index is 0.0138. The van der Waals surface area contributed by atoms with Gasteiger partial charge in [0.05, 0.1) is 5.41 Å². The van der Waals surface area contributed by atoms with Crippen LogP contribution in [-0.4, -0.2) is 17.9 Å². The molecule has 2 atom stereocenters. The summed E-state index contributed by atoms with van der Waals surface area (Å²) < 4.78 is 0. The first-order valence-corrected chi connectivity index (χ1v) is 6.16. The maximum atomic E-state index is 12.3. The molecule has 1 fully saturated rings. The van der Waals surface area contributed by atoms with Crippen molar-refractivity contribution in [2.75, 3.05) is 0 Å². The van der Waals surface area contributed by atoms with Crippen molar-refractivity contribution in [3.8, 4) is 0 Å². The third-order valence-corrected chi connectivity index (χ3v) is 3.64. The number of ketones is 2. The first kappa shape index (κ1) is 13.8. The van der Waals surface area contributed by atoms with E-state index in [-0.39, 0.29) is 17.5 Å². The van der Waals surface area contributed by atoms with Crippen LogP contribution >= 0.6 is 0 Å². The van der Waals surface area contributed by atoms with Crippen LogP contribution in [0, 0.1) is 11.3 Å². The minimum Gasteiger partial charge on any atom is -0.302 e. The topological polar surface area (TPSA) is 51.2 Å². The second-order valence-corrected chi connectivity index (χ2v) is 4.95. The summed E-state index contributed by atoms with van der Waals surface area (Å²) in [5.41, 5.74) is -0.905. The van der Waals surface area contributed by atoms with Crippen LogP contribution in [0.4, 0.5) is 0 Å². The molecule has 1 aliphatic rings. The van der Waals surface area contributed by atoms with Gasteiger partial charge in [-0.2, -0.15) is 0 Å². The molecule has 0 amide bonds. The smallest absolute Gasteiger partial charge is 0.149 e. The van der Waals surface area contributed by atoms with Crippen LogP contribution in [0.5, 0.6) is 0 Å². The van der Waals surface area contributed by atoms with Crippen LogP contribution in [0.1, 0.15) is 45.4 Å². The fourth-order valence-corrected chi connectivity index (χ4v) is 2.57. The van der Waals surface area contributed by atoms with Crippen molar-refractivity contribution in [1.82, 2.24) is 0 Å². The molecule has 94 valence electrons. The van der Waals surface area contributed by atoms with Gasteiger partial charge in [0.25, 0.3) is 0 Å². The molecule has 0 aliphatic heterocycles. The van der Waals surface area contributed by atoms with Crippen molar-refractivity contribution < 1.29 is 14.4 Å². The summed E-state index contributed by atoms with van der Waals surface area (Å²) in [6, 6.07) is 0. The summed E-state index contributed by atoms with van der Waals surface area (Å²) in [5.74, 6) is -0.0387. The van der Waals surface area contributed by atoms with Crippen molar-refractivity contribution in [1.29, 1.82) is 0 Å². The zero-order valence-electron chi connectivity index (χ0n) is 10.4. The van der Waals surface area contributed by atoms with Gasteiger partial charge in [-0.1, -0.05) is 12.5 Å². The molecule has 1 rings (SSSR count). The maximum absolute atomic E-state index is 12.3. The van der Waals surface area contributed by atoms with Gasteiger partial charge in [-0.25, -0.2) is 0 Å². The SMILES string of the molecule is C=CC[C@@H]1CCC[C@@](C=O)(CCC(C)=O)C1=O. The van der Waals surface area contributed by atoms with Gasteiger partial charge in [0, 0.05) is 12.3 Å². The number of Topliss-reactive ketones (excluding diaryl/α,β-unsaturated/α-hetero) is 2. The molecule has 0 bridgehead atoms. The number of aldehydes is 1. The Morgan fingerprint density at radius 1 is 1.59 bits per heavy atom. The first-order valence-electron chi connectivity index (χ1n) is 6.16. The molecule has 3 heteroatoms. The van der Waals surface area contributed by atoms with Crippen LogP contribution in [0.2, 0.25) is 0 Å². The van der Waals surface area contributed by atoms with Gasteiger partial charge in [-0.15, -0.1) is 6.58 Å². The molecule has 1 aliphatic carbocycles. The lowest BCUT2D eigenvalue weighted by Gasteiger charge is -2.34. The van der Waals surface area contributed by atoms with E-state index in [0.717, 1.165) is 19.1 Å². The number of carbonyl (C=O) groups excluding carboxylic acids is 3. The van der Waals surface area contributed by atoms with Gasteiger partial charge in [0.2, 0.25) is 0 Å². The van der Waals surface area contributed by atoms with E-state index in [0.29, 0.717) is 25.7 Å². The van der Waals surface area contributed by atoms with Crippen molar-refractivity contribution in [2.24, 2.45) is 11.3 Å². The minimum atomic E-state index is -0.905. The molecule has 3 nitrogen and oxygen atoms in total. The van der Waals surface area contributed by atoms with Crippen LogP contribution in [0.25, 0.3) is 0 Å². The highest BCUT2D eigenvalue weighted by Gasteiger charge is 2.43. The Bertz CT molecular complexity index is 332. The van der Waals surface area contributed by atoms with E-state index in [1.807, 2.05) is 0 Å². The molecule has 0 aromatic carbocycles. The van der Waals surface area contributed by atoms with Crippen LogP contribution in [0.15, 0.2) is 12.7 Å². The third-order valence-electron chi connectivity index (χ3n) is 3.64. The molecule has 0 aromatic rings. The quantitative estimate of drug-likeness (QED) is 0.404. The number of hydrogen-bond donors (Lipinski definition) is 0. The Hall–Kier alpha value is -1.25. The molecule has 0 aromatic heterocycles.